The Morgan fingerprint density at radius 1 is 1.33 bits per heavy atom. The second kappa shape index (κ2) is 6.26. The predicted octanol–water partition coefficient (Wildman–Crippen LogP) is 1.14. The third kappa shape index (κ3) is 2.75. The molecule has 1 saturated heterocycles. The molecule has 4 atom stereocenters. The number of alkyl halides is 1. The van der Waals surface area contributed by atoms with Crippen molar-refractivity contribution in [1.82, 2.24) is 25.0 Å². The van der Waals surface area contributed by atoms with Crippen molar-refractivity contribution in [2.24, 2.45) is 23.7 Å². The van der Waals surface area contributed by atoms with Crippen LogP contribution in [0.2, 0.25) is 0 Å². The molecule has 4 saturated carbocycles. The number of hydrogen-bond donors (Lipinski definition) is 1. The molecule has 1 aromatic rings. The van der Waals surface area contributed by atoms with E-state index in [4.69, 9.17) is 5.26 Å². The van der Waals surface area contributed by atoms with Gasteiger partial charge in [0.2, 0.25) is 5.91 Å². The molecule has 27 heavy (non-hydrogen) atoms. The van der Waals surface area contributed by atoms with Crippen molar-refractivity contribution in [3.05, 3.63) is 12.7 Å². The van der Waals surface area contributed by atoms with Crippen LogP contribution in [0, 0.1) is 35.0 Å². The summed E-state index contributed by atoms with van der Waals surface area (Å²) < 4.78 is 15.6. The number of rotatable bonds is 5. The molecule has 144 valence electrons. The zero-order chi connectivity index (χ0) is 18.6. The van der Waals surface area contributed by atoms with Crippen molar-refractivity contribution < 1.29 is 9.18 Å². The van der Waals surface area contributed by atoms with Crippen molar-refractivity contribution in [2.75, 3.05) is 13.1 Å². The van der Waals surface area contributed by atoms with E-state index < -0.39 is 12.2 Å². The quantitative estimate of drug-likeness (QED) is 0.837. The predicted molar refractivity (Wildman–Crippen MR) is 93.8 cm³/mol. The van der Waals surface area contributed by atoms with Crippen molar-refractivity contribution in [3.63, 3.8) is 0 Å². The fraction of sp³-hybridized carbons (Fsp3) is 0.789. The summed E-state index contributed by atoms with van der Waals surface area (Å²) in [5.74, 6) is 2.48. The van der Waals surface area contributed by atoms with Gasteiger partial charge in [0.25, 0.3) is 0 Å². The molecule has 0 radical (unpaired) electrons. The summed E-state index contributed by atoms with van der Waals surface area (Å²) in [6.07, 6.45) is 7.10. The first-order chi connectivity index (χ1) is 13.1. The maximum Gasteiger partial charge on any atom is 0.237 e. The second-order valence-corrected chi connectivity index (χ2v) is 8.91. The Kier molecular flexibility index (Phi) is 3.97. The van der Waals surface area contributed by atoms with Crippen LogP contribution in [0.25, 0.3) is 0 Å². The highest BCUT2D eigenvalue weighted by atomic mass is 19.1. The van der Waals surface area contributed by atoms with Crippen LogP contribution in [-0.4, -0.2) is 56.4 Å². The van der Waals surface area contributed by atoms with Gasteiger partial charge in [0, 0.05) is 18.5 Å². The van der Waals surface area contributed by atoms with Gasteiger partial charge >= 0.3 is 0 Å². The van der Waals surface area contributed by atoms with E-state index in [0.717, 1.165) is 19.4 Å². The number of amides is 1. The first-order valence-corrected chi connectivity index (χ1v) is 9.98. The summed E-state index contributed by atoms with van der Waals surface area (Å²) in [4.78, 5) is 18.1. The maximum absolute atomic E-state index is 13.6. The Balaban J connectivity index is 1.22. The molecular weight excluding hydrogens is 347 g/mol. The fourth-order valence-electron chi connectivity index (χ4n) is 6.50. The normalized spacial score (nSPS) is 42.0. The Hall–Kier alpha value is -2.01. The molecule has 5 aliphatic rings. The summed E-state index contributed by atoms with van der Waals surface area (Å²) in [6, 6.07) is 1.45. The molecule has 4 bridgehead atoms. The van der Waals surface area contributed by atoms with Crippen molar-refractivity contribution >= 4 is 5.91 Å². The molecule has 8 heteroatoms. The van der Waals surface area contributed by atoms with Gasteiger partial charge in [-0.25, -0.2) is 9.37 Å². The van der Waals surface area contributed by atoms with Crippen LogP contribution in [0.4, 0.5) is 4.39 Å². The number of nitrogens with one attached hydrogen (secondary N) is 1. The third-order valence-corrected chi connectivity index (χ3v) is 7.60. The Morgan fingerprint density at radius 2 is 2.11 bits per heavy atom. The number of aromatic nitrogens is 3. The summed E-state index contributed by atoms with van der Waals surface area (Å²) in [7, 11) is 0. The molecule has 1 aliphatic heterocycles. The summed E-state index contributed by atoms with van der Waals surface area (Å²) in [5, 5.41) is 17.0. The number of hydrogen-bond acceptors (Lipinski definition) is 5. The van der Waals surface area contributed by atoms with Gasteiger partial charge in [0.15, 0.2) is 0 Å². The van der Waals surface area contributed by atoms with E-state index in [9.17, 15) is 9.18 Å². The van der Waals surface area contributed by atoms with Gasteiger partial charge in [-0.3, -0.25) is 9.48 Å². The SMILES string of the molecule is N#C[C@@H]1C[C@H](F)CN1C(=O)CNC12CC3CC1CC(C2)C3Cn1cncn1. The minimum Gasteiger partial charge on any atom is -0.323 e. The van der Waals surface area contributed by atoms with Crippen molar-refractivity contribution in [3.8, 4) is 6.07 Å². The number of halogens is 1. The minimum atomic E-state index is -1.08. The van der Waals surface area contributed by atoms with Gasteiger partial charge in [-0.15, -0.1) is 0 Å². The highest BCUT2D eigenvalue weighted by Crippen LogP contribution is 2.63. The van der Waals surface area contributed by atoms with E-state index in [0.29, 0.717) is 23.7 Å². The van der Waals surface area contributed by atoms with Crippen LogP contribution in [0.1, 0.15) is 32.1 Å². The molecule has 1 amide bonds. The van der Waals surface area contributed by atoms with Gasteiger partial charge in [-0.2, -0.15) is 10.4 Å². The topological polar surface area (TPSA) is 86.8 Å². The van der Waals surface area contributed by atoms with Crippen molar-refractivity contribution in [1.29, 1.82) is 5.26 Å². The zero-order valence-electron chi connectivity index (χ0n) is 15.3. The van der Waals surface area contributed by atoms with E-state index in [-0.39, 0.29) is 31.0 Å². The van der Waals surface area contributed by atoms with Gasteiger partial charge < -0.3 is 10.2 Å². The number of nitrogens with zero attached hydrogens (tertiary/aromatic N) is 5. The van der Waals surface area contributed by atoms with Crippen LogP contribution in [0.15, 0.2) is 12.7 Å². The van der Waals surface area contributed by atoms with Crippen LogP contribution in [0.5, 0.6) is 0 Å². The molecule has 2 heterocycles. The van der Waals surface area contributed by atoms with Gasteiger partial charge in [-0.1, -0.05) is 0 Å². The first-order valence-electron chi connectivity index (χ1n) is 9.98. The lowest BCUT2D eigenvalue weighted by atomic mass is 9.71. The smallest absolute Gasteiger partial charge is 0.237 e. The highest BCUT2D eigenvalue weighted by Gasteiger charge is 2.61. The summed E-state index contributed by atoms with van der Waals surface area (Å²) in [5.41, 5.74) is 0.0564. The van der Waals surface area contributed by atoms with Gasteiger partial charge in [-0.05, 0) is 49.4 Å². The molecule has 0 spiro atoms. The zero-order valence-corrected chi connectivity index (χ0v) is 15.3. The molecule has 1 N–H and O–H groups in total. The van der Waals surface area contributed by atoms with E-state index in [1.54, 1.807) is 12.7 Å². The Labute approximate surface area is 157 Å². The van der Waals surface area contributed by atoms with E-state index in [1.807, 2.05) is 4.68 Å². The first kappa shape index (κ1) is 17.1. The third-order valence-electron chi connectivity index (χ3n) is 7.60. The highest BCUT2D eigenvalue weighted by molar-refractivity contribution is 5.79. The standard InChI is InChI=1S/C19H25FN6O/c20-15-3-16(6-21)26(8-15)18(27)7-23-19-4-12-1-14(19)2-13(5-19)17(12)9-25-11-22-10-24-25/h10-17,23H,1-5,7-9H2/t12?,13?,14?,15-,16-,17?,19?/m0/s1. The Morgan fingerprint density at radius 3 is 2.78 bits per heavy atom. The number of nitriles is 1. The largest absolute Gasteiger partial charge is 0.323 e. The monoisotopic (exact) mass is 372 g/mol. The molecule has 5 fully saturated rings. The number of carbonyl (C=O) groups is 1. The average Bonchev–Trinajstić information content (AvgIpc) is 3.38. The van der Waals surface area contributed by atoms with Crippen LogP contribution < -0.4 is 5.32 Å². The summed E-state index contributed by atoms with van der Waals surface area (Å²) >= 11 is 0. The molecular formula is C19H25FN6O. The number of carbonyl (C=O) groups excluding carboxylic acids is 1. The lowest BCUT2D eigenvalue weighted by molar-refractivity contribution is -0.130. The van der Waals surface area contributed by atoms with Crippen molar-refractivity contribution in [2.45, 2.75) is 56.4 Å². The molecule has 6 rings (SSSR count). The fourth-order valence-corrected chi connectivity index (χ4v) is 6.50. The molecule has 2 unspecified atom stereocenters. The van der Waals surface area contributed by atoms with Gasteiger partial charge in [0.1, 0.15) is 24.9 Å². The van der Waals surface area contributed by atoms with E-state index in [1.165, 1.54) is 17.7 Å². The second-order valence-electron chi connectivity index (χ2n) is 8.91. The van der Waals surface area contributed by atoms with Gasteiger partial charge in [0.05, 0.1) is 19.2 Å². The van der Waals surface area contributed by atoms with Crippen LogP contribution >= 0.6 is 0 Å². The molecule has 1 aromatic heterocycles. The lowest BCUT2D eigenvalue weighted by Crippen LogP contribution is -2.52. The Bertz CT molecular complexity index is 745. The number of likely N-dealkylation sites (tertiary alicyclic amines) is 1. The molecule has 4 aliphatic carbocycles. The lowest BCUT2D eigenvalue weighted by Gasteiger charge is -2.39. The summed E-state index contributed by atoms with van der Waals surface area (Å²) in [6.45, 7) is 1.21. The minimum absolute atomic E-state index is 0.0560. The molecule has 0 aromatic carbocycles. The van der Waals surface area contributed by atoms with E-state index in [2.05, 4.69) is 21.5 Å². The average molecular weight is 372 g/mol. The maximum atomic E-state index is 13.6. The van der Waals surface area contributed by atoms with E-state index >= 15 is 0 Å². The van der Waals surface area contributed by atoms with Crippen LogP contribution in [0.3, 0.4) is 0 Å². The molecule has 7 nitrogen and oxygen atoms in total. The van der Waals surface area contributed by atoms with Crippen LogP contribution in [-0.2, 0) is 11.3 Å².